The molecule has 9 nitrogen and oxygen atoms in total. The molecule has 3 N–H and O–H groups in total. The van der Waals surface area contributed by atoms with Crippen LogP contribution in [0.2, 0.25) is 0 Å². The molecule has 10 heteroatoms. The SMILES string of the molecule is CS(=O)(=O)N(CC(=O)N/N=C\c1ccc(OCC(N)=O)cc1)c1cccc2ccccc12. The van der Waals surface area contributed by atoms with Crippen LogP contribution in [-0.2, 0) is 19.6 Å². The zero-order valence-corrected chi connectivity index (χ0v) is 18.1. The van der Waals surface area contributed by atoms with Crippen LogP contribution >= 0.6 is 0 Å². The van der Waals surface area contributed by atoms with Gasteiger partial charge in [0.1, 0.15) is 12.3 Å². The lowest BCUT2D eigenvalue weighted by Gasteiger charge is -2.23. The number of primary amides is 1. The lowest BCUT2D eigenvalue weighted by atomic mass is 10.1. The van der Waals surface area contributed by atoms with E-state index in [1.807, 2.05) is 18.2 Å². The van der Waals surface area contributed by atoms with Gasteiger partial charge in [-0.25, -0.2) is 13.8 Å². The number of hydrogen-bond donors (Lipinski definition) is 2. The molecular weight excluding hydrogens is 432 g/mol. The van der Waals surface area contributed by atoms with Crippen LogP contribution in [0, 0.1) is 0 Å². The minimum atomic E-state index is -3.72. The number of amides is 2. The molecule has 0 bridgehead atoms. The van der Waals surface area contributed by atoms with Gasteiger partial charge in [0.2, 0.25) is 10.0 Å². The van der Waals surface area contributed by atoms with E-state index >= 15 is 0 Å². The first-order chi connectivity index (χ1) is 15.2. The molecule has 0 aliphatic heterocycles. The van der Waals surface area contributed by atoms with Gasteiger partial charge in [0.05, 0.1) is 18.2 Å². The van der Waals surface area contributed by atoms with E-state index in [1.54, 1.807) is 48.5 Å². The van der Waals surface area contributed by atoms with Gasteiger partial charge < -0.3 is 10.5 Å². The van der Waals surface area contributed by atoms with Gasteiger partial charge in [-0.15, -0.1) is 0 Å². The number of fused-ring (bicyclic) bond motifs is 1. The third-order valence-electron chi connectivity index (χ3n) is 4.39. The number of ether oxygens (including phenoxy) is 1. The highest BCUT2D eigenvalue weighted by molar-refractivity contribution is 7.92. The van der Waals surface area contributed by atoms with Gasteiger partial charge in [-0.3, -0.25) is 13.9 Å². The number of rotatable bonds is 9. The van der Waals surface area contributed by atoms with Crippen molar-refractivity contribution in [3.8, 4) is 5.75 Å². The summed E-state index contributed by atoms with van der Waals surface area (Å²) in [5.74, 6) is -0.713. The normalized spacial score (nSPS) is 11.4. The number of carbonyl (C=O) groups excluding carboxylic acids is 2. The second kappa shape index (κ2) is 9.92. The summed E-state index contributed by atoms with van der Waals surface area (Å²) < 4.78 is 31.0. The summed E-state index contributed by atoms with van der Waals surface area (Å²) in [6.45, 7) is -0.652. The molecule has 0 spiro atoms. The monoisotopic (exact) mass is 454 g/mol. The van der Waals surface area contributed by atoms with Crippen LogP contribution in [0.15, 0.2) is 71.8 Å². The summed E-state index contributed by atoms with van der Waals surface area (Å²) in [4.78, 5) is 23.1. The topological polar surface area (TPSA) is 131 Å². The molecule has 0 aromatic heterocycles. The molecule has 0 unspecified atom stereocenters. The van der Waals surface area contributed by atoms with Crippen molar-refractivity contribution in [1.29, 1.82) is 0 Å². The van der Waals surface area contributed by atoms with E-state index in [0.717, 1.165) is 21.3 Å². The minimum absolute atomic E-state index is 0.225. The number of nitrogens with one attached hydrogen (secondary N) is 1. The van der Waals surface area contributed by atoms with E-state index in [2.05, 4.69) is 10.5 Å². The zero-order valence-electron chi connectivity index (χ0n) is 17.3. The molecule has 0 atom stereocenters. The van der Waals surface area contributed by atoms with Crippen molar-refractivity contribution in [1.82, 2.24) is 5.43 Å². The van der Waals surface area contributed by atoms with Crippen LogP contribution in [0.5, 0.6) is 5.75 Å². The van der Waals surface area contributed by atoms with Crippen molar-refractivity contribution >= 4 is 44.5 Å². The molecule has 0 saturated carbocycles. The first-order valence-electron chi connectivity index (χ1n) is 9.52. The zero-order chi connectivity index (χ0) is 23.1. The van der Waals surface area contributed by atoms with Crippen LogP contribution in [0.25, 0.3) is 10.8 Å². The van der Waals surface area contributed by atoms with Gasteiger partial charge in [0.25, 0.3) is 11.8 Å². The highest BCUT2D eigenvalue weighted by Gasteiger charge is 2.22. The summed E-state index contributed by atoms with van der Waals surface area (Å²) >= 11 is 0. The second-order valence-electron chi connectivity index (χ2n) is 6.89. The molecule has 3 rings (SSSR count). The molecule has 166 valence electrons. The first kappa shape index (κ1) is 22.8. The van der Waals surface area contributed by atoms with Crippen molar-refractivity contribution in [2.75, 3.05) is 23.7 Å². The van der Waals surface area contributed by atoms with E-state index in [4.69, 9.17) is 10.5 Å². The Morgan fingerprint density at radius 2 is 1.75 bits per heavy atom. The summed E-state index contributed by atoms with van der Waals surface area (Å²) in [5, 5.41) is 5.45. The summed E-state index contributed by atoms with van der Waals surface area (Å²) in [5.41, 5.74) is 8.43. The average molecular weight is 455 g/mol. The van der Waals surface area contributed by atoms with Gasteiger partial charge in [0, 0.05) is 5.39 Å². The molecule has 0 heterocycles. The maximum Gasteiger partial charge on any atom is 0.260 e. The Balaban J connectivity index is 1.68. The van der Waals surface area contributed by atoms with E-state index in [1.165, 1.54) is 6.21 Å². The third-order valence-corrected chi connectivity index (χ3v) is 5.51. The Morgan fingerprint density at radius 1 is 1.06 bits per heavy atom. The van der Waals surface area contributed by atoms with E-state index in [9.17, 15) is 18.0 Å². The average Bonchev–Trinajstić information content (AvgIpc) is 2.76. The van der Waals surface area contributed by atoms with Crippen molar-refractivity contribution in [3.05, 3.63) is 72.3 Å². The Morgan fingerprint density at radius 3 is 2.44 bits per heavy atom. The Kier molecular flexibility index (Phi) is 7.06. The fourth-order valence-corrected chi connectivity index (χ4v) is 3.82. The third kappa shape index (κ3) is 6.05. The summed E-state index contributed by atoms with van der Waals surface area (Å²) in [7, 11) is -3.72. The highest BCUT2D eigenvalue weighted by Crippen LogP contribution is 2.28. The lowest BCUT2D eigenvalue weighted by Crippen LogP contribution is -2.39. The molecule has 0 fully saturated rings. The van der Waals surface area contributed by atoms with Crippen molar-refractivity contribution in [3.63, 3.8) is 0 Å². The predicted octanol–water partition coefficient (Wildman–Crippen LogP) is 1.62. The van der Waals surface area contributed by atoms with Crippen molar-refractivity contribution in [2.24, 2.45) is 10.8 Å². The number of carbonyl (C=O) groups is 2. The molecule has 3 aromatic rings. The number of benzene rings is 3. The lowest BCUT2D eigenvalue weighted by molar-refractivity contribution is -0.120. The van der Waals surface area contributed by atoms with Gasteiger partial charge in [-0.1, -0.05) is 36.4 Å². The van der Waals surface area contributed by atoms with Crippen LogP contribution in [0.4, 0.5) is 5.69 Å². The maximum absolute atomic E-state index is 12.4. The fraction of sp³-hybridized carbons (Fsp3) is 0.136. The quantitative estimate of drug-likeness (QED) is 0.375. The Bertz CT molecular complexity index is 1250. The number of hydrogen-bond acceptors (Lipinski definition) is 6. The van der Waals surface area contributed by atoms with Gasteiger partial charge in [-0.05, 0) is 41.3 Å². The van der Waals surface area contributed by atoms with Gasteiger partial charge in [-0.2, -0.15) is 5.10 Å². The van der Waals surface area contributed by atoms with Crippen LogP contribution < -0.4 is 20.2 Å². The standard InChI is InChI=1S/C22H22N4O5S/c1-32(29,30)26(20-8-4-6-17-5-2-3-7-19(17)20)14-22(28)25-24-13-16-9-11-18(12-10-16)31-15-21(23)27/h2-13H,14-15H2,1H3,(H2,23,27)(H,25,28)/b24-13-. The van der Waals surface area contributed by atoms with E-state index in [-0.39, 0.29) is 6.61 Å². The maximum atomic E-state index is 12.4. The van der Waals surface area contributed by atoms with Gasteiger partial charge in [0.15, 0.2) is 6.61 Å². The van der Waals surface area contributed by atoms with Crippen LogP contribution in [0.3, 0.4) is 0 Å². The molecule has 0 saturated heterocycles. The van der Waals surface area contributed by atoms with Crippen molar-refractivity contribution in [2.45, 2.75) is 0 Å². The fourth-order valence-electron chi connectivity index (χ4n) is 2.96. The first-order valence-corrected chi connectivity index (χ1v) is 11.4. The number of hydrazone groups is 1. The molecule has 3 aromatic carbocycles. The summed E-state index contributed by atoms with van der Waals surface area (Å²) in [6, 6.07) is 19.2. The largest absolute Gasteiger partial charge is 0.484 e. The minimum Gasteiger partial charge on any atom is -0.484 e. The molecule has 32 heavy (non-hydrogen) atoms. The number of nitrogens with two attached hydrogens (primary N) is 1. The van der Waals surface area contributed by atoms with Crippen LogP contribution in [-0.4, -0.2) is 45.9 Å². The Hall–Kier alpha value is -3.92. The Labute approximate surface area is 185 Å². The number of nitrogens with zero attached hydrogens (tertiary/aromatic N) is 2. The molecular formula is C22H22N4O5S. The van der Waals surface area contributed by atoms with Crippen molar-refractivity contribution < 1.29 is 22.7 Å². The smallest absolute Gasteiger partial charge is 0.260 e. The van der Waals surface area contributed by atoms with E-state index in [0.29, 0.717) is 17.0 Å². The second-order valence-corrected chi connectivity index (χ2v) is 8.79. The molecule has 2 amide bonds. The highest BCUT2D eigenvalue weighted by atomic mass is 32.2. The molecule has 0 radical (unpaired) electrons. The summed E-state index contributed by atoms with van der Waals surface area (Å²) in [6.07, 6.45) is 2.45. The van der Waals surface area contributed by atoms with Crippen LogP contribution in [0.1, 0.15) is 5.56 Å². The number of sulfonamides is 1. The van der Waals surface area contributed by atoms with E-state index < -0.39 is 28.4 Å². The van der Waals surface area contributed by atoms with Gasteiger partial charge >= 0.3 is 0 Å². The number of anilines is 1. The molecule has 0 aliphatic rings. The predicted molar refractivity (Wildman–Crippen MR) is 123 cm³/mol. The molecule has 0 aliphatic carbocycles.